The van der Waals surface area contributed by atoms with Crippen LogP contribution in [-0.4, -0.2) is 18.2 Å². The van der Waals surface area contributed by atoms with Gasteiger partial charge in [-0.25, -0.2) is 4.39 Å². The van der Waals surface area contributed by atoms with Crippen LogP contribution in [0.25, 0.3) is 0 Å². The summed E-state index contributed by atoms with van der Waals surface area (Å²) in [5.74, 6) is -2.34. The van der Waals surface area contributed by atoms with Crippen molar-refractivity contribution in [2.45, 2.75) is 32.4 Å². The molecule has 0 spiro atoms. The first-order valence-corrected chi connectivity index (χ1v) is 2.94. The highest BCUT2D eigenvalue weighted by Gasteiger charge is 2.41. The lowest BCUT2D eigenvalue weighted by atomic mass is 10.4. The Kier molecular flexibility index (Phi) is 1.29. The molecule has 0 aliphatic carbocycles. The molecule has 0 aromatic carbocycles. The quantitative estimate of drug-likeness (QED) is 0.499. The Bertz CT molecular complexity index is 106. The highest BCUT2D eigenvalue weighted by atomic mass is 19.2. The van der Waals surface area contributed by atoms with Crippen LogP contribution in [0.15, 0.2) is 0 Å². The molecule has 1 rings (SSSR count). The molecule has 3 heteroatoms. The van der Waals surface area contributed by atoms with Gasteiger partial charge in [0.1, 0.15) is 6.61 Å². The molecule has 0 radical (unpaired) electrons. The Morgan fingerprint density at radius 1 is 1.33 bits per heavy atom. The minimum atomic E-state index is -1.59. The normalized spacial score (nSPS) is 41.3. The van der Waals surface area contributed by atoms with Crippen LogP contribution in [0.1, 0.15) is 20.8 Å². The fourth-order valence-electron chi connectivity index (χ4n) is 0.874. The van der Waals surface area contributed by atoms with Crippen LogP contribution in [0, 0.1) is 0 Å². The molecule has 54 valence electrons. The van der Waals surface area contributed by atoms with Gasteiger partial charge >= 0.3 is 0 Å². The van der Waals surface area contributed by atoms with Crippen LogP contribution in [0.4, 0.5) is 4.39 Å². The van der Waals surface area contributed by atoms with Crippen molar-refractivity contribution in [2.24, 2.45) is 0 Å². The monoisotopic (exact) mass is 134 g/mol. The van der Waals surface area contributed by atoms with Crippen molar-refractivity contribution in [1.82, 2.24) is 0 Å². The highest BCUT2D eigenvalue weighted by molar-refractivity contribution is 4.72. The van der Waals surface area contributed by atoms with Crippen LogP contribution >= 0.6 is 0 Å². The first kappa shape index (κ1) is 6.96. The van der Waals surface area contributed by atoms with Crippen molar-refractivity contribution in [2.75, 3.05) is 6.61 Å². The zero-order chi connectivity index (χ0) is 7.12. The van der Waals surface area contributed by atoms with Crippen molar-refractivity contribution < 1.29 is 13.9 Å². The molecule has 0 saturated carbocycles. The predicted octanol–water partition coefficient (Wildman–Crippen LogP) is 1.46. The van der Waals surface area contributed by atoms with Gasteiger partial charge in [0.15, 0.2) is 5.79 Å². The molecule has 1 aliphatic rings. The number of rotatable bonds is 0. The molecular formula is C6H11FO2. The van der Waals surface area contributed by atoms with Crippen LogP contribution in [0.2, 0.25) is 0 Å². The minimum Gasteiger partial charge on any atom is -0.344 e. The smallest absolute Gasteiger partial charge is 0.232 e. The van der Waals surface area contributed by atoms with E-state index in [0.29, 0.717) is 0 Å². The van der Waals surface area contributed by atoms with Crippen molar-refractivity contribution in [1.29, 1.82) is 0 Å². The zero-order valence-corrected chi connectivity index (χ0v) is 5.90. The van der Waals surface area contributed by atoms with Crippen molar-refractivity contribution in [3.05, 3.63) is 0 Å². The number of ether oxygens (including phenoxy) is 2. The van der Waals surface area contributed by atoms with E-state index in [1.165, 1.54) is 6.92 Å². The summed E-state index contributed by atoms with van der Waals surface area (Å²) in [5, 5.41) is 0. The van der Waals surface area contributed by atoms with Gasteiger partial charge in [-0.2, -0.15) is 0 Å². The third kappa shape index (κ3) is 1.63. The zero-order valence-electron chi connectivity index (χ0n) is 5.90. The predicted molar refractivity (Wildman–Crippen MR) is 30.6 cm³/mol. The summed E-state index contributed by atoms with van der Waals surface area (Å²) < 4.78 is 22.6. The van der Waals surface area contributed by atoms with E-state index in [2.05, 4.69) is 0 Å². The molecule has 0 N–H and O–H groups in total. The molecule has 1 fully saturated rings. The fraction of sp³-hybridized carbons (Fsp3) is 1.00. The van der Waals surface area contributed by atoms with E-state index in [1.807, 2.05) is 0 Å². The first-order chi connectivity index (χ1) is 3.91. The van der Waals surface area contributed by atoms with E-state index in [0.717, 1.165) is 0 Å². The average molecular weight is 134 g/mol. The summed E-state index contributed by atoms with van der Waals surface area (Å²) >= 11 is 0. The molecule has 2 nitrogen and oxygen atoms in total. The molecule has 1 saturated heterocycles. The van der Waals surface area contributed by atoms with Gasteiger partial charge in [0.2, 0.25) is 5.85 Å². The number of alkyl halides is 1. The lowest BCUT2D eigenvalue weighted by Crippen LogP contribution is -2.25. The third-order valence-electron chi connectivity index (χ3n) is 1.14. The summed E-state index contributed by atoms with van der Waals surface area (Å²) in [5.41, 5.74) is 0. The summed E-state index contributed by atoms with van der Waals surface area (Å²) in [6.07, 6.45) is 0. The van der Waals surface area contributed by atoms with E-state index in [-0.39, 0.29) is 6.61 Å². The van der Waals surface area contributed by atoms with Crippen LogP contribution < -0.4 is 0 Å². The second-order valence-corrected chi connectivity index (χ2v) is 2.89. The Labute approximate surface area is 54.0 Å². The molecule has 0 aromatic heterocycles. The molecule has 9 heavy (non-hydrogen) atoms. The summed E-state index contributed by atoms with van der Waals surface area (Å²) in [6, 6.07) is 0. The number of halogens is 1. The van der Waals surface area contributed by atoms with Gasteiger partial charge < -0.3 is 9.47 Å². The minimum absolute atomic E-state index is 0.0278. The summed E-state index contributed by atoms with van der Waals surface area (Å²) in [6.45, 7) is 4.78. The fourth-order valence-corrected chi connectivity index (χ4v) is 0.874. The number of hydrogen-bond donors (Lipinski definition) is 0. The van der Waals surface area contributed by atoms with Gasteiger partial charge in [0.25, 0.3) is 0 Å². The first-order valence-electron chi connectivity index (χ1n) is 2.94. The maximum Gasteiger partial charge on any atom is 0.232 e. The standard InChI is InChI=1S/C6H11FO2/c1-5(2)8-4-6(3,7)9-5/h4H2,1-3H3. The second-order valence-electron chi connectivity index (χ2n) is 2.89. The molecule has 0 amide bonds. The van der Waals surface area contributed by atoms with Gasteiger partial charge in [-0.15, -0.1) is 0 Å². The van der Waals surface area contributed by atoms with Crippen LogP contribution in [0.3, 0.4) is 0 Å². The SMILES string of the molecule is CC1(F)COC(C)(C)O1. The van der Waals surface area contributed by atoms with E-state index in [4.69, 9.17) is 9.47 Å². The van der Waals surface area contributed by atoms with Crippen molar-refractivity contribution in [3.63, 3.8) is 0 Å². The molecule has 1 aliphatic heterocycles. The largest absolute Gasteiger partial charge is 0.344 e. The second kappa shape index (κ2) is 1.67. The Balaban J connectivity index is 2.58. The number of hydrogen-bond acceptors (Lipinski definition) is 2. The van der Waals surface area contributed by atoms with Crippen LogP contribution in [-0.2, 0) is 9.47 Å². The van der Waals surface area contributed by atoms with Crippen molar-refractivity contribution >= 4 is 0 Å². The maximum atomic E-state index is 12.8. The average Bonchev–Trinajstić information content (AvgIpc) is 1.78. The summed E-state index contributed by atoms with van der Waals surface area (Å²) in [4.78, 5) is 0. The summed E-state index contributed by atoms with van der Waals surface area (Å²) in [7, 11) is 0. The molecule has 1 unspecified atom stereocenters. The lowest BCUT2D eigenvalue weighted by molar-refractivity contribution is -0.190. The molecule has 1 atom stereocenters. The van der Waals surface area contributed by atoms with E-state index < -0.39 is 11.6 Å². The molecular weight excluding hydrogens is 123 g/mol. The van der Waals surface area contributed by atoms with Gasteiger partial charge in [-0.3, -0.25) is 0 Å². The van der Waals surface area contributed by atoms with Crippen LogP contribution in [0.5, 0.6) is 0 Å². The van der Waals surface area contributed by atoms with Gasteiger partial charge in [0.05, 0.1) is 0 Å². The molecule has 0 aromatic rings. The van der Waals surface area contributed by atoms with E-state index >= 15 is 0 Å². The third-order valence-corrected chi connectivity index (χ3v) is 1.14. The van der Waals surface area contributed by atoms with Gasteiger partial charge in [-0.1, -0.05) is 0 Å². The highest BCUT2D eigenvalue weighted by Crippen LogP contribution is 2.30. The lowest BCUT2D eigenvalue weighted by Gasteiger charge is -2.17. The molecule has 0 bridgehead atoms. The van der Waals surface area contributed by atoms with Crippen molar-refractivity contribution in [3.8, 4) is 0 Å². The topological polar surface area (TPSA) is 18.5 Å². The Hall–Kier alpha value is -0.150. The Morgan fingerprint density at radius 3 is 2.00 bits per heavy atom. The van der Waals surface area contributed by atoms with E-state index in [9.17, 15) is 4.39 Å². The van der Waals surface area contributed by atoms with E-state index in [1.54, 1.807) is 13.8 Å². The van der Waals surface area contributed by atoms with Gasteiger partial charge in [-0.05, 0) is 20.8 Å². The Morgan fingerprint density at radius 2 is 1.89 bits per heavy atom. The molecule has 1 heterocycles. The maximum absolute atomic E-state index is 12.8. The van der Waals surface area contributed by atoms with Gasteiger partial charge in [0, 0.05) is 0 Å².